The van der Waals surface area contributed by atoms with Crippen molar-refractivity contribution < 1.29 is 14.3 Å². The van der Waals surface area contributed by atoms with Gasteiger partial charge in [-0.05, 0) is 24.3 Å². The Labute approximate surface area is 154 Å². The van der Waals surface area contributed by atoms with Crippen LogP contribution in [0.2, 0.25) is 0 Å². The average molecular weight is 359 g/mol. The lowest BCUT2D eigenvalue weighted by Gasteiger charge is -2.08. The van der Waals surface area contributed by atoms with E-state index in [0.29, 0.717) is 34.3 Å². The average Bonchev–Trinajstić information content (AvgIpc) is 3.17. The molecule has 8 heteroatoms. The van der Waals surface area contributed by atoms with Crippen molar-refractivity contribution in [2.75, 3.05) is 17.4 Å². The highest BCUT2D eigenvalue weighted by Crippen LogP contribution is 2.34. The first kappa shape index (κ1) is 16.4. The summed E-state index contributed by atoms with van der Waals surface area (Å²) in [5.41, 5.74) is 1.83. The van der Waals surface area contributed by atoms with Crippen molar-refractivity contribution in [1.82, 2.24) is 9.97 Å². The smallest absolute Gasteiger partial charge is 0.275 e. The molecule has 1 aliphatic heterocycles. The first-order chi connectivity index (χ1) is 13.2. The van der Waals surface area contributed by atoms with E-state index in [4.69, 9.17) is 14.7 Å². The van der Waals surface area contributed by atoms with Crippen molar-refractivity contribution in [2.24, 2.45) is 0 Å². The molecule has 1 aliphatic rings. The van der Waals surface area contributed by atoms with E-state index in [2.05, 4.69) is 26.7 Å². The van der Waals surface area contributed by atoms with Gasteiger partial charge in [-0.1, -0.05) is 12.1 Å². The molecule has 132 valence electrons. The summed E-state index contributed by atoms with van der Waals surface area (Å²) in [6, 6.07) is 14.3. The normalized spacial score (nSPS) is 11.5. The Hall–Kier alpha value is -4.12. The third kappa shape index (κ3) is 3.48. The van der Waals surface area contributed by atoms with Crippen LogP contribution in [0, 0.1) is 11.3 Å². The van der Waals surface area contributed by atoms with Crippen molar-refractivity contribution in [1.29, 1.82) is 5.26 Å². The number of anilines is 3. The Morgan fingerprint density at radius 3 is 2.74 bits per heavy atom. The van der Waals surface area contributed by atoms with Crippen LogP contribution in [0.1, 0.15) is 16.1 Å². The minimum atomic E-state index is -0.398. The van der Waals surface area contributed by atoms with Crippen LogP contribution < -0.4 is 20.1 Å². The highest BCUT2D eigenvalue weighted by atomic mass is 16.7. The summed E-state index contributed by atoms with van der Waals surface area (Å²) in [7, 11) is 0. The summed E-state index contributed by atoms with van der Waals surface area (Å²) >= 11 is 0. The fourth-order valence-corrected chi connectivity index (χ4v) is 2.51. The molecule has 3 aromatic rings. The molecule has 8 nitrogen and oxygen atoms in total. The molecule has 0 radical (unpaired) electrons. The van der Waals surface area contributed by atoms with Crippen LogP contribution >= 0.6 is 0 Å². The molecule has 0 atom stereocenters. The molecule has 1 amide bonds. The monoisotopic (exact) mass is 359 g/mol. The number of benzene rings is 2. The van der Waals surface area contributed by atoms with Gasteiger partial charge in [0.05, 0.1) is 23.6 Å². The molecule has 2 N–H and O–H groups in total. The lowest BCUT2D eigenvalue weighted by atomic mass is 10.2. The van der Waals surface area contributed by atoms with Crippen LogP contribution in [0.5, 0.6) is 11.5 Å². The second-order valence-electron chi connectivity index (χ2n) is 5.59. The number of nitriles is 1. The van der Waals surface area contributed by atoms with Gasteiger partial charge in [-0.15, -0.1) is 0 Å². The van der Waals surface area contributed by atoms with E-state index in [1.165, 1.54) is 12.4 Å². The van der Waals surface area contributed by atoms with E-state index in [1.807, 2.05) is 6.07 Å². The van der Waals surface area contributed by atoms with Crippen LogP contribution in [0.25, 0.3) is 0 Å². The maximum absolute atomic E-state index is 12.3. The lowest BCUT2D eigenvalue weighted by Crippen LogP contribution is -2.14. The molecule has 0 spiro atoms. The van der Waals surface area contributed by atoms with E-state index in [-0.39, 0.29) is 12.5 Å². The van der Waals surface area contributed by atoms with Crippen molar-refractivity contribution >= 4 is 23.1 Å². The molecule has 1 aromatic heterocycles. The van der Waals surface area contributed by atoms with E-state index in [1.54, 1.807) is 36.4 Å². The molecule has 0 saturated carbocycles. The number of amides is 1. The van der Waals surface area contributed by atoms with Gasteiger partial charge in [0.25, 0.3) is 5.91 Å². The summed E-state index contributed by atoms with van der Waals surface area (Å²) in [5.74, 6) is 1.25. The molecule has 2 aromatic carbocycles. The summed E-state index contributed by atoms with van der Waals surface area (Å²) in [6.07, 6.45) is 2.79. The minimum absolute atomic E-state index is 0.159. The summed E-state index contributed by atoms with van der Waals surface area (Å²) in [6.45, 7) is 0.168. The molecule has 0 aliphatic carbocycles. The zero-order valence-electron chi connectivity index (χ0n) is 14.0. The molecular formula is C19H13N5O3. The molecular weight excluding hydrogens is 346 g/mol. The first-order valence-corrected chi connectivity index (χ1v) is 8.02. The van der Waals surface area contributed by atoms with Crippen LogP contribution in [-0.2, 0) is 0 Å². The number of hydrogen-bond donors (Lipinski definition) is 2. The lowest BCUT2D eigenvalue weighted by molar-refractivity contribution is 0.102. The van der Waals surface area contributed by atoms with Gasteiger partial charge < -0.3 is 20.1 Å². The van der Waals surface area contributed by atoms with E-state index in [0.717, 1.165) is 0 Å². The highest BCUT2D eigenvalue weighted by molar-refractivity contribution is 6.02. The molecule has 0 saturated heterocycles. The number of ether oxygens (including phenoxy) is 2. The number of fused-ring (bicyclic) bond motifs is 1. The van der Waals surface area contributed by atoms with Crippen molar-refractivity contribution in [3.05, 3.63) is 66.1 Å². The maximum Gasteiger partial charge on any atom is 0.275 e. The van der Waals surface area contributed by atoms with Crippen LogP contribution in [0.4, 0.5) is 17.2 Å². The van der Waals surface area contributed by atoms with Gasteiger partial charge in [0.15, 0.2) is 11.5 Å². The van der Waals surface area contributed by atoms with Gasteiger partial charge >= 0.3 is 0 Å². The predicted molar refractivity (Wildman–Crippen MR) is 97.0 cm³/mol. The number of nitrogens with one attached hydrogen (secondary N) is 2. The van der Waals surface area contributed by atoms with Gasteiger partial charge in [0, 0.05) is 11.8 Å². The number of carbonyl (C=O) groups excluding carboxylic acids is 1. The van der Waals surface area contributed by atoms with Crippen molar-refractivity contribution in [3.63, 3.8) is 0 Å². The fraction of sp³-hybridized carbons (Fsp3) is 0.0526. The Balaban J connectivity index is 1.45. The molecule has 0 fully saturated rings. The third-order valence-electron chi connectivity index (χ3n) is 3.83. The second kappa shape index (κ2) is 7.01. The molecule has 4 rings (SSSR count). The number of nitrogens with zero attached hydrogens (tertiary/aromatic N) is 3. The number of hydrogen-bond acceptors (Lipinski definition) is 7. The Morgan fingerprint density at radius 2 is 1.93 bits per heavy atom. The van der Waals surface area contributed by atoms with E-state index < -0.39 is 5.91 Å². The SMILES string of the molecule is N#Cc1ccccc1Nc1cnc(C(=O)Nc2ccc3c(c2)OCO3)cn1. The molecule has 0 bridgehead atoms. The van der Waals surface area contributed by atoms with Crippen LogP contribution in [0.3, 0.4) is 0 Å². The Morgan fingerprint density at radius 1 is 1.07 bits per heavy atom. The Kier molecular flexibility index (Phi) is 4.25. The topological polar surface area (TPSA) is 109 Å². The quantitative estimate of drug-likeness (QED) is 0.737. The number of para-hydroxylation sites is 1. The minimum Gasteiger partial charge on any atom is -0.454 e. The van der Waals surface area contributed by atoms with Gasteiger partial charge in [-0.3, -0.25) is 4.79 Å². The van der Waals surface area contributed by atoms with E-state index >= 15 is 0 Å². The van der Waals surface area contributed by atoms with Crippen molar-refractivity contribution in [3.8, 4) is 17.6 Å². The summed E-state index contributed by atoms with van der Waals surface area (Å²) < 4.78 is 10.5. The van der Waals surface area contributed by atoms with Gasteiger partial charge in [0.2, 0.25) is 6.79 Å². The maximum atomic E-state index is 12.3. The summed E-state index contributed by atoms with van der Waals surface area (Å²) in [5, 5.41) is 14.9. The zero-order chi connectivity index (χ0) is 18.6. The number of carbonyl (C=O) groups is 1. The molecule has 27 heavy (non-hydrogen) atoms. The number of aromatic nitrogens is 2. The second-order valence-corrected chi connectivity index (χ2v) is 5.59. The van der Waals surface area contributed by atoms with Crippen LogP contribution in [0.15, 0.2) is 54.9 Å². The van der Waals surface area contributed by atoms with Crippen molar-refractivity contribution in [2.45, 2.75) is 0 Å². The largest absolute Gasteiger partial charge is 0.454 e. The Bertz CT molecular complexity index is 1040. The highest BCUT2D eigenvalue weighted by Gasteiger charge is 2.15. The van der Waals surface area contributed by atoms with E-state index in [9.17, 15) is 4.79 Å². The zero-order valence-corrected chi connectivity index (χ0v) is 14.0. The fourth-order valence-electron chi connectivity index (χ4n) is 2.51. The van der Waals surface area contributed by atoms with Gasteiger partial charge in [-0.2, -0.15) is 5.26 Å². The van der Waals surface area contributed by atoms with Gasteiger partial charge in [-0.25, -0.2) is 9.97 Å². The van der Waals surface area contributed by atoms with Gasteiger partial charge in [0.1, 0.15) is 17.6 Å². The molecule has 0 unspecified atom stereocenters. The number of rotatable bonds is 4. The first-order valence-electron chi connectivity index (χ1n) is 8.02. The van der Waals surface area contributed by atoms with Crippen LogP contribution in [-0.4, -0.2) is 22.7 Å². The molecule has 2 heterocycles. The standard InChI is InChI=1S/C19H13N5O3/c20-8-12-3-1-2-4-14(12)24-18-10-21-15(9-22-18)19(25)23-13-5-6-16-17(7-13)27-11-26-16/h1-7,9-10H,11H2,(H,22,24)(H,23,25). The summed E-state index contributed by atoms with van der Waals surface area (Å²) in [4.78, 5) is 20.6. The third-order valence-corrected chi connectivity index (χ3v) is 3.83. The predicted octanol–water partition coefficient (Wildman–Crippen LogP) is 3.07.